The molecule has 6 rings (SSSR count). The second-order valence-corrected chi connectivity index (χ2v) is 11.4. The lowest BCUT2D eigenvalue weighted by Gasteiger charge is -2.31. The third-order valence-electron chi connectivity index (χ3n) is 6.56. The van der Waals surface area contributed by atoms with Gasteiger partial charge < -0.3 is 14.2 Å². The normalized spacial score (nSPS) is 13.2. The van der Waals surface area contributed by atoms with E-state index in [2.05, 4.69) is 0 Å². The number of carbonyl (C=O) groups excluding carboxylic acids is 2. The monoisotopic (exact) mass is 584 g/mol. The zero-order valence-corrected chi connectivity index (χ0v) is 23.9. The van der Waals surface area contributed by atoms with Gasteiger partial charge in [0, 0.05) is 19.6 Å². The van der Waals surface area contributed by atoms with Crippen molar-refractivity contribution in [2.24, 2.45) is 0 Å². The van der Waals surface area contributed by atoms with Crippen LogP contribution in [-0.2, 0) is 23.8 Å². The molecule has 9 heteroatoms. The molecular weight excluding hydrogens is 556 g/mol. The van der Waals surface area contributed by atoms with E-state index in [1.54, 1.807) is 33.3 Å². The summed E-state index contributed by atoms with van der Waals surface area (Å²) in [6.07, 6.45) is 0. The maximum absolute atomic E-state index is 13.1. The van der Waals surface area contributed by atoms with Crippen LogP contribution in [-0.4, -0.2) is 51.5 Å². The second-order valence-electron chi connectivity index (χ2n) is 9.25. The van der Waals surface area contributed by atoms with Crippen LogP contribution < -0.4 is 9.80 Å². The average molecular weight is 585 g/mol. The van der Waals surface area contributed by atoms with Crippen LogP contribution in [0.15, 0.2) is 117 Å². The van der Waals surface area contributed by atoms with Crippen LogP contribution in [0, 0.1) is 0 Å². The van der Waals surface area contributed by atoms with Gasteiger partial charge in [-0.25, -0.2) is 0 Å². The third-order valence-corrected chi connectivity index (χ3v) is 8.82. The van der Waals surface area contributed by atoms with Crippen molar-refractivity contribution in [2.45, 2.75) is 19.6 Å². The van der Waals surface area contributed by atoms with Crippen LogP contribution in [0.1, 0.15) is 0 Å². The molecule has 0 saturated heterocycles. The van der Waals surface area contributed by atoms with Gasteiger partial charge in [0.1, 0.15) is 13.2 Å². The summed E-state index contributed by atoms with van der Waals surface area (Å²) in [5.41, 5.74) is 3.46. The maximum atomic E-state index is 13.1. The lowest BCUT2D eigenvalue weighted by Crippen LogP contribution is -2.32. The Balaban J connectivity index is 0.929. The molecule has 0 fully saturated rings. The van der Waals surface area contributed by atoms with Gasteiger partial charge in [0.2, 0.25) is 0 Å². The number of ether oxygens (including phenoxy) is 3. The molecule has 0 unspecified atom stereocenters. The quantitative estimate of drug-likeness (QED) is 0.192. The average Bonchev–Trinajstić information content (AvgIpc) is 3.01. The highest BCUT2D eigenvalue weighted by molar-refractivity contribution is 8.00. The first kappa shape index (κ1) is 27.6. The van der Waals surface area contributed by atoms with Gasteiger partial charge in [-0.15, -0.1) is 0 Å². The van der Waals surface area contributed by atoms with Crippen LogP contribution in [0.5, 0.6) is 0 Å². The van der Waals surface area contributed by atoms with Gasteiger partial charge in [-0.3, -0.25) is 19.4 Å². The number of benzene rings is 4. The summed E-state index contributed by atoms with van der Waals surface area (Å²) >= 11 is 3.32. The van der Waals surface area contributed by atoms with Crippen molar-refractivity contribution in [3.8, 4) is 0 Å². The molecule has 2 aliphatic rings. The SMILES string of the molecule is O=C(COCCOCCOCC(=O)N1c2ccccc2Sc2ccccc21)N1c2ccccc2Sc2ccccc21. The Kier molecular flexibility index (Phi) is 8.69. The second kappa shape index (κ2) is 12.9. The highest BCUT2D eigenvalue weighted by Gasteiger charge is 2.29. The molecule has 2 aliphatic heterocycles. The van der Waals surface area contributed by atoms with Crippen LogP contribution in [0.2, 0.25) is 0 Å². The predicted octanol–water partition coefficient (Wildman–Crippen LogP) is 6.70. The number of amides is 2. The van der Waals surface area contributed by atoms with Crippen molar-refractivity contribution in [1.29, 1.82) is 0 Å². The Hall–Kier alpha value is -3.60. The number of para-hydroxylation sites is 4. The zero-order valence-electron chi connectivity index (χ0n) is 22.2. The van der Waals surface area contributed by atoms with Crippen LogP contribution in [0.25, 0.3) is 0 Å². The fraction of sp³-hybridized carbons (Fsp3) is 0.188. The summed E-state index contributed by atoms with van der Waals surface area (Å²) in [4.78, 5) is 33.9. The molecule has 4 aromatic carbocycles. The highest BCUT2D eigenvalue weighted by Crippen LogP contribution is 2.49. The number of anilines is 4. The summed E-state index contributed by atoms with van der Waals surface area (Å²) in [5.74, 6) is -0.266. The van der Waals surface area contributed by atoms with E-state index in [-0.39, 0.29) is 38.2 Å². The molecule has 0 saturated carbocycles. The molecule has 4 aromatic rings. The Morgan fingerprint density at radius 2 is 0.756 bits per heavy atom. The topological polar surface area (TPSA) is 68.3 Å². The van der Waals surface area contributed by atoms with Gasteiger partial charge in [-0.05, 0) is 48.5 Å². The molecule has 0 spiro atoms. The molecular formula is C32H28N2O5S2. The Labute approximate surface area is 247 Å². The van der Waals surface area contributed by atoms with Crippen molar-refractivity contribution in [1.82, 2.24) is 0 Å². The van der Waals surface area contributed by atoms with Crippen LogP contribution in [0.3, 0.4) is 0 Å². The highest BCUT2D eigenvalue weighted by atomic mass is 32.2. The molecule has 0 aromatic heterocycles. The van der Waals surface area contributed by atoms with E-state index >= 15 is 0 Å². The first-order chi connectivity index (χ1) is 20.2. The molecule has 0 N–H and O–H groups in total. The van der Waals surface area contributed by atoms with Crippen molar-refractivity contribution < 1.29 is 23.8 Å². The van der Waals surface area contributed by atoms with Gasteiger partial charge in [0.05, 0.1) is 49.2 Å². The van der Waals surface area contributed by atoms with Crippen molar-refractivity contribution in [3.05, 3.63) is 97.1 Å². The van der Waals surface area contributed by atoms with E-state index in [4.69, 9.17) is 14.2 Å². The Morgan fingerprint density at radius 3 is 1.10 bits per heavy atom. The number of nitrogens with zero attached hydrogens (tertiary/aromatic N) is 2. The minimum atomic E-state index is -0.133. The fourth-order valence-electron chi connectivity index (χ4n) is 4.73. The fourth-order valence-corrected chi connectivity index (χ4v) is 6.85. The number of hydrogen-bond acceptors (Lipinski definition) is 7. The van der Waals surface area contributed by atoms with Gasteiger partial charge >= 0.3 is 0 Å². The minimum absolute atomic E-state index is 0.0568. The van der Waals surface area contributed by atoms with E-state index in [0.29, 0.717) is 13.2 Å². The van der Waals surface area contributed by atoms with Crippen molar-refractivity contribution in [3.63, 3.8) is 0 Å². The molecule has 41 heavy (non-hydrogen) atoms. The predicted molar refractivity (Wildman–Crippen MR) is 161 cm³/mol. The van der Waals surface area contributed by atoms with E-state index < -0.39 is 0 Å². The molecule has 0 radical (unpaired) electrons. The third kappa shape index (κ3) is 6.05. The van der Waals surface area contributed by atoms with Gasteiger partial charge in [0.25, 0.3) is 11.8 Å². The number of carbonyl (C=O) groups is 2. The lowest BCUT2D eigenvalue weighted by atomic mass is 10.2. The maximum Gasteiger partial charge on any atom is 0.257 e. The zero-order chi connectivity index (χ0) is 28.0. The summed E-state index contributed by atoms with van der Waals surface area (Å²) < 4.78 is 16.9. The molecule has 2 amide bonds. The van der Waals surface area contributed by atoms with E-state index in [1.165, 1.54) is 0 Å². The summed E-state index contributed by atoms with van der Waals surface area (Å²) in [6, 6.07) is 31.5. The van der Waals surface area contributed by atoms with Gasteiger partial charge in [0.15, 0.2) is 0 Å². The lowest BCUT2D eigenvalue weighted by molar-refractivity contribution is -0.123. The molecule has 7 nitrogen and oxygen atoms in total. The summed E-state index contributed by atoms with van der Waals surface area (Å²) in [5, 5.41) is 0. The van der Waals surface area contributed by atoms with Crippen LogP contribution >= 0.6 is 23.5 Å². The smallest absolute Gasteiger partial charge is 0.257 e. The van der Waals surface area contributed by atoms with Crippen molar-refractivity contribution >= 4 is 58.1 Å². The van der Waals surface area contributed by atoms with E-state index in [0.717, 1.165) is 42.3 Å². The van der Waals surface area contributed by atoms with Crippen molar-refractivity contribution in [2.75, 3.05) is 49.4 Å². The molecule has 0 atom stereocenters. The summed E-state index contributed by atoms with van der Waals surface area (Å²) in [7, 11) is 0. The number of rotatable bonds is 10. The first-order valence-corrected chi connectivity index (χ1v) is 14.9. The molecule has 0 aliphatic carbocycles. The largest absolute Gasteiger partial charge is 0.377 e. The molecule has 208 valence electrons. The standard InChI is InChI=1S/C32H28N2O5S2/c35-31(33-23-9-1-5-13-27(23)40-28-14-6-2-10-24(28)33)21-38-19-17-37-18-20-39-22-32(36)34-25-11-3-7-15-29(25)41-30-16-8-4-12-26(30)34/h1-16H,17-22H2. The molecule has 2 heterocycles. The minimum Gasteiger partial charge on any atom is -0.377 e. The number of hydrogen-bond donors (Lipinski definition) is 0. The Bertz CT molecular complexity index is 1360. The summed E-state index contributed by atoms with van der Waals surface area (Å²) in [6.45, 7) is 1.07. The van der Waals surface area contributed by atoms with Gasteiger partial charge in [-0.2, -0.15) is 0 Å². The molecule has 0 bridgehead atoms. The first-order valence-electron chi connectivity index (χ1n) is 13.3. The van der Waals surface area contributed by atoms with Gasteiger partial charge in [-0.1, -0.05) is 72.1 Å². The Morgan fingerprint density at radius 1 is 0.463 bits per heavy atom. The van der Waals surface area contributed by atoms with E-state index in [1.807, 2.05) is 97.1 Å². The van der Waals surface area contributed by atoms with Crippen LogP contribution in [0.4, 0.5) is 22.7 Å². The number of fused-ring (bicyclic) bond motifs is 4. The van der Waals surface area contributed by atoms with E-state index in [9.17, 15) is 9.59 Å².